The van der Waals surface area contributed by atoms with Crippen LogP contribution >= 0.6 is 0 Å². The van der Waals surface area contributed by atoms with E-state index < -0.39 is 11.6 Å². The normalized spacial score (nSPS) is 11.0. The summed E-state index contributed by atoms with van der Waals surface area (Å²) < 4.78 is 33.4. The summed E-state index contributed by atoms with van der Waals surface area (Å²) in [5.74, 6) is -0.485. The maximum atomic E-state index is 14.3. The van der Waals surface area contributed by atoms with E-state index in [4.69, 9.17) is 4.74 Å². The fraction of sp³-hybridized carbons (Fsp3) is 0.611. The van der Waals surface area contributed by atoms with Gasteiger partial charge in [0.2, 0.25) is 0 Å². The van der Waals surface area contributed by atoms with Crippen molar-refractivity contribution in [3.05, 3.63) is 29.3 Å². The van der Waals surface area contributed by atoms with Crippen LogP contribution in [0.3, 0.4) is 0 Å². The molecule has 0 N–H and O–H groups in total. The van der Waals surface area contributed by atoms with Crippen molar-refractivity contribution in [2.45, 2.75) is 59.3 Å². The molecule has 0 atom stereocenters. The maximum absolute atomic E-state index is 14.3. The largest absolute Gasteiger partial charge is 0.490 e. The van der Waals surface area contributed by atoms with E-state index in [-0.39, 0.29) is 23.0 Å². The van der Waals surface area contributed by atoms with Crippen LogP contribution in [0.1, 0.15) is 58.4 Å². The van der Waals surface area contributed by atoms with Crippen LogP contribution in [0.15, 0.2) is 12.1 Å². The van der Waals surface area contributed by atoms with Gasteiger partial charge in [0.1, 0.15) is 11.6 Å². The van der Waals surface area contributed by atoms with E-state index in [1.54, 1.807) is 0 Å². The van der Waals surface area contributed by atoms with Gasteiger partial charge in [0, 0.05) is 18.4 Å². The van der Waals surface area contributed by atoms with Crippen LogP contribution in [-0.4, -0.2) is 12.4 Å². The molecule has 1 rings (SSSR count). The molecule has 0 saturated heterocycles. The van der Waals surface area contributed by atoms with E-state index in [2.05, 4.69) is 0 Å². The molecule has 0 unspecified atom stereocenters. The van der Waals surface area contributed by atoms with Crippen LogP contribution in [0.25, 0.3) is 0 Å². The van der Waals surface area contributed by atoms with Crippen molar-refractivity contribution in [2.75, 3.05) is 6.61 Å². The molecule has 0 radical (unpaired) electrons. The minimum atomic E-state index is -0.592. The third kappa shape index (κ3) is 6.12. The molecule has 0 aromatic heterocycles. The molecule has 1 aromatic rings. The Morgan fingerprint density at radius 1 is 1.18 bits per heavy atom. The average molecular weight is 312 g/mol. The van der Waals surface area contributed by atoms with Crippen LogP contribution in [0.2, 0.25) is 0 Å². The first-order chi connectivity index (χ1) is 10.5. The molecule has 4 heteroatoms. The van der Waals surface area contributed by atoms with E-state index in [0.29, 0.717) is 32.3 Å². The van der Waals surface area contributed by atoms with Crippen molar-refractivity contribution in [3.63, 3.8) is 0 Å². The Kier molecular flexibility index (Phi) is 8.07. The molecule has 0 heterocycles. The fourth-order valence-electron chi connectivity index (χ4n) is 2.15. The van der Waals surface area contributed by atoms with Crippen molar-refractivity contribution < 1.29 is 18.3 Å². The lowest BCUT2D eigenvalue weighted by atomic mass is 10.0. The third-order valence-electron chi connectivity index (χ3n) is 3.50. The van der Waals surface area contributed by atoms with Crippen LogP contribution in [0.4, 0.5) is 8.78 Å². The Balaban J connectivity index is 2.54. The van der Waals surface area contributed by atoms with Gasteiger partial charge < -0.3 is 4.74 Å². The number of carbonyl (C=O) groups excluding carboxylic acids is 1. The number of benzene rings is 1. The first-order valence-corrected chi connectivity index (χ1v) is 8.07. The van der Waals surface area contributed by atoms with Crippen molar-refractivity contribution in [1.29, 1.82) is 0 Å². The molecule has 0 aliphatic heterocycles. The highest BCUT2D eigenvalue weighted by Gasteiger charge is 2.14. The van der Waals surface area contributed by atoms with Gasteiger partial charge in [-0.15, -0.1) is 0 Å². The topological polar surface area (TPSA) is 26.3 Å². The summed E-state index contributed by atoms with van der Waals surface area (Å²) in [6.45, 7) is 6.19. The summed E-state index contributed by atoms with van der Waals surface area (Å²) in [6.07, 6.45) is 3.67. The van der Waals surface area contributed by atoms with Gasteiger partial charge in [0.25, 0.3) is 0 Å². The molecule has 0 bridgehead atoms. The van der Waals surface area contributed by atoms with Crippen LogP contribution in [0.5, 0.6) is 5.75 Å². The zero-order valence-corrected chi connectivity index (χ0v) is 13.8. The Morgan fingerprint density at radius 2 is 1.91 bits per heavy atom. The van der Waals surface area contributed by atoms with Gasteiger partial charge in [-0.1, -0.05) is 27.2 Å². The highest BCUT2D eigenvalue weighted by Crippen LogP contribution is 2.25. The second-order valence-corrected chi connectivity index (χ2v) is 6.00. The van der Waals surface area contributed by atoms with Crippen molar-refractivity contribution >= 4 is 5.78 Å². The Bertz CT molecular complexity index is 484. The third-order valence-corrected chi connectivity index (χ3v) is 3.50. The van der Waals surface area contributed by atoms with E-state index in [9.17, 15) is 13.6 Å². The molecule has 0 fully saturated rings. The molecule has 0 amide bonds. The number of Topliss-reactive ketones (excluding diaryl/α,β-unsaturated/α-hetero) is 1. The molecule has 0 aliphatic carbocycles. The van der Waals surface area contributed by atoms with Gasteiger partial charge in [-0.25, -0.2) is 8.78 Å². The fourth-order valence-corrected chi connectivity index (χ4v) is 2.15. The predicted molar refractivity (Wildman–Crippen MR) is 84.2 cm³/mol. The van der Waals surface area contributed by atoms with Gasteiger partial charge in [-0.3, -0.25) is 4.79 Å². The average Bonchev–Trinajstić information content (AvgIpc) is 2.48. The number of rotatable bonds is 10. The number of hydrogen-bond acceptors (Lipinski definition) is 2. The van der Waals surface area contributed by atoms with Crippen LogP contribution in [0, 0.1) is 17.6 Å². The lowest BCUT2D eigenvalue weighted by Crippen LogP contribution is -2.07. The predicted octanol–water partition coefficient (Wildman–Crippen LogP) is 5.08. The monoisotopic (exact) mass is 312 g/mol. The number of ether oxygens (including phenoxy) is 1. The molecule has 22 heavy (non-hydrogen) atoms. The van der Waals surface area contributed by atoms with Crippen molar-refractivity contribution in [2.24, 2.45) is 5.92 Å². The quantitative estimate of drug-likeness (QED) is 0.563. The molecule has 0 spiro atoms. The summed E-state index contributed by atoms with van der Waals surface area (Å²) in [6, 6.07) is 2.60. The van der Waals surface area contributed by atoms with Gasteiger partial charge >= 0.3 is 0 Å². The van der Waals surface area contributed by atoms with Gasteiger partial charge in [0.05, 0.1) is 6.61 Å². The molecule has 124 valence electrons. The zero-order valence-electron chi connectivity index (χ0n) is 13.8. The standard InChI is InChI=1S/C18H26F2O2/c1-4-14(21)8-6-5-7-9-15-16(19)10-11-17(18(15)20)22-12-13(2)3/h10-11,13H,4-9,12H2,1-3H3. The second-order valence-electron chi connectivity index (χ2n) is 6.00. The van der Waals surface area contributed by atoms with E-state index in [1.165, 1.54) is 12.1 Å². The molecule has 1 aromatic carbocycles. The maximum Gasteiger partial charge on any atom is 0.171 e. The highest BCUT2D eigenvalue weighted by molar-refractivity contribution is 5.77. The van der Waals surface area contributed by atoms with Gasteiger partial charge in [-0.2, -0.15) is 0 Å². The minimum Gasteiger partial charge on any atom is -0.490 e. The molecular weight excluding hydrogens is 286 g/mol. The molecular formula is C18H26F2O2. The van der Waals surface area contributed by atoms with Gasteiger partial charge in [-0.05, 0) is 37.3 Å². The number of halogens is 2. The number of ketones is 1. The van der Waals surface area contributed by atoms with Gasteiger partial charge in [0.15, 0.2) is 11.6 Å². The Labute approximate surface area is 131 Å². The van der Waals surface area contributed by atoms with Crippen molar-refractivity contribution in [3.8, 4) is 5.75 Å². The summed E-state index contributed by atoms with van der Waals surface area (Å²) in [4.78, 5) is 11.2. The zero-order chi connectivity index (χ0) is 16.5. The molecule has 0 saturated carbocycles. The van der Waals surface area contributed by atoms with Crippen molar-refractivity contribution in [1.82, 2.24) is 0 Å². The van der Waals surface area contributed by atoms with E-state index in [0.717, 1.165) is 12.8 Å². The van der Waals surface area contributed by atoms with E-state index in [1.807, 2.05) is 20.8 Å². The lowest BCUT2D eigenvalue weighted by molar-refractivity contribution is -0.118. The first-order valence-electron chi connectivity index (χ1n) is 8.07. The lowest BCUT2D eigenvalue weighted by Gasteiger charge is -2.12. The summed E-state index contributed by atoms with van der Waals surface area (Å²) >= 11 is 0. The Hall–Kier alpha value is -1.45. The summed E-state index contributed by atoms with van der Waals surface area (Å²) in [5.41, 5.74) is 0.0862. The highest BCUT2D eigenvalue weighted by atomic mass is 19.1. The van der Waals surface area contributed by atoms with E-state index >= 15 is 0 Å². The summed E-state index contributed by atoms with van der Waals surface area (Å²) in [7, 11) is 0. The first kappa shape index (κ1) is 18.6. The number of carbonyl (C=O) groups is 1. The SMILES string of the molecule is CCC(=O)CCCCCc1c(F)ccc(OCC(C)C)c1F. The van der Waals surface area contributed by atoms with Crippen LogP contribution < -0.4 is 4.74 Å². The molecule has 0 aliphatic rings. The second kappa shape index (κ2) is 9.54. The number of unbranched alkanes of at least 4 members (excludes halogenated alkanes) is 2. The molecule has 2 nitrogen and oxygen atoms in total. The summed E-state index contributed by atoms with van der Waals surface area (Å²) in [5, 5.41) is 0. The smallest absolute Gasteiger partial charge is 0.171 e. The minimum absolute atomic E-state index is 0.0862. The van der Waals surface area contributed by atoms with Crippen LogP contribution in [-0.2, 0) is 11.2 Å². The Morgan fingerprint density at radius 3 is 2.55 bits per heavy atom. The number of hydrogen-bond donors (Lipinski definition) is 0.